The predicted molar refractivity (Wildman–Crippen MR) is 134 cm³/mol. The van der Waals surface area contributed by atoms with E-state index in [1.165, 1.54) is 31.2 Å². The first kappa shape index (κ1) is 22.6. The molecule has 32 heavy (non-hydrogen) atoms. The lowest BCUT2D eigenvalue weighted by Gasteiger charge is -2.27. The molecule has 1 aromatic heterocycles. The Morgan fingerprint density at radius 2 is 1.81 bits per heavy atom. The molecule has 0 atom stereocenters. The monoisotopic (exact) mass is 464 g/mol. The zero-order chi connectivity index (χ0) is 22.3. The average Bonchev–Trinajstić information content (AvgIpc) is 3.27. The molecule has 0 saturated heterocycles. The Labute approximate surface area is 197 Å². The van der Waals surface area contributed by atoms with Gasteiger partial charge in [0.1, 0.15) is 11.5 Å². The summed E-state index contributed by atoms with van der Waals surface area (Å²) >= 11 is 2.78. The lowest BCUT2D eigenvalue weighted by atomic mass is 9.85. The minimum Gasteiger partial charge on any atom is -0.453 e. The van der Waals surface area contributed by atoms with E-state index in [-0.39, 0.29) is 0 Å². The zero-order valence-electron chi connectivity index (χ0n) is 18.1. The van der Waals surface area contributed by atoms with Gasteiger partial charge < -0.3 is 10.1 Å². The second-order valence-corrected chi connectivity index (χ2v) is 9.49. The number of nitrogens with one attached hydrogen (secondary N) is 2. The van der Waals surface area contributed by atoms with Crippen LogP contribution in [0.5, 0.6) is 5.75 Å². The maximum absolute atomic E-state index is 9.07. The largest absolute Gasteiger partial charge is 0.453 e. The van der Waals surface area contributed by atoms with E-state index in [1.807, 2.05) is 66.9 Å². The Hall–Kier alpha value is -2.61. The molecule has 0 unspecified atom stereocenters. The molecule has 7 heteroatoms. The highest BCUT2D eigenvalue weighted by Crippen LogP contribution is 2.34. The van der Waals surface area contributed by atoms with Crippen LogP contribution in [0.15, 0.2) is 76.3 Å². The zero-order valence-corrected chi connectivity index (χ0v) is 19.8. The Balaban J connectivity index is 1.79. The van der Waals surface area contributed by atoms with Gasteiger partial charge in [-0.3, -0.25) is 10.5 Å². The Kier molecular flexibility index (Phi) is 7.63. The third-order valence-corrected chi connectivity index (χ3v) is 7.01. The number of anilines is 1. The topological polar surface area (TPSA) is 84.0 Å². The highest BCUT2D eigenvalue weighted by molar-refractivity contribution is 7.97. The van der Waals surface area contributed by atoms with Gasteiger partial charge in [0.2, 0.25) is 0 Å². The first-order chi connectivity index (χ1) is 15.6. The van der Waals surface area contributed by atoms with Gasteiger partial charge in [-0.1, -0.05) is 49.6 Å². The van der Waals surface area contributed by atoms with Crippen LogP contribution in [0.2, 0.25) is 0 Å². The van der Waals surface area contributed by atoms with Crippen molar-refractivity contribution < 1.29 is 4.74 Å². The Bertz CT molecular complexity index is 1070. The van der Waals surface area contributed by atoms with E-state index in [9.17, 15) is 0 Å². The van der Waals surface area contributed by atoms with Crippen molar-refractivity contribution in [2.24, 2.45) is 11.1 Å². The minimum atomic E-state index is 0.297. The number of benzene rings is 2. The normalized spacial score (nSPS) is 15.2. The molecule has 4 N–H and O–H groups in total. The molecule has 1 aliphatic carbocycles. The van der Waals surface area contributed by atoms with Crippen LogP contribution >= 0.6 is 23.3 Å². The fourth-order valence-electron chi connectivity index (χ4n) is 3.94. The lowest BCUT2D eigenvalue weighted by Crippen LogP contribution is -2.23. The summed E-state index contributed by atoms with van der Waals surface area (Å²) in [5.41, 5.74) is 3.12. The molecule has 0 aliphatic heterocycles. The van der Waals surface area contributed by atoms with Crippen LogP contribution in [-0.2, 0) is 0 Å². The molecule has 5 nitrogen and oxygen atoms in total. The number of thiazole rings is 1. The van der Waals surface area contributed by atoms with Crippen LogP contribution in [0, 0.1) is 18.3 Å². The van der Waals surface area contributed by atoms with Gasteiger partial charge in [0.15, 0.2) is 10.9 Å². The molecular weight excluding hydrogens is 436 g/mol. The van der Waals surface area contributed by atoms with Crippen molar-refractivity contribution in [2.75, 3.05) is 5.32 Å². The third kappa shape index (κ3) is 5.59. The SMILES string of the molecule is Cc1csc(N/C(=C(/Oc2ccc(SN)cc2)C(=N)c2ccccc2)C2CCCCC2)n1. The van der Waals surface area contributed by atoms with Crippen LogP contribution in [0.3, 0.4) is 0 Å². The summed E-state index contributed by atoms with van der Waals surface area (Å²) in [4.78, 5) is 5.58. The van der Waals surface area contributed by atoms with E-state index in [1.54, 1.807) is 11.3 Å². The summed E-state index contributed by atoms with van der Waals surface area (Å²) in [6.45, 7) is 1.99. The van der Waals surface area contributed by atoms with Crippen molar-refractivity contribution in [1.82, 2.24) is 4.98 Å². The van der Waals surface area contributed by atoms with Crippen LogP contribution in [0.4, 0.5) is 5.13 Å². The molecule has 4 rings (SSSR count). The quantitative estimate of drug-likeness (QED) is 0.195. The van der Waals surface area contributed by atoms with Gasteiger partial charge in [-0.15, -0.1) is 11.3 Å². The van der Waals surface area contributed by atoms with Crippen LogP contribution in [0.1, 0.15) is 43.4 Å². The maximum Gasteiger partial charge on any atom is 0.187 e. The highest BCUT2D eigenvalue weighted by Gasteiger charge is 2.26. The molecular formula is C25H28N4OS2. The van der Waals surface area contributed by atoms with Gasteiger partial charge in [-0.2, -0.15) is 0 Å². The second-order valence-electron chi connectivity index (χ2n) is 7.93. The first-order valence-electron chi connectivity index (χ1n) is 10.9. The number of hydrogen-bond acceptors (Lipinski definition) is 7. The summed E-state index contributed by atoms with van der Waals surface area (Å²) in [6, 6.07) is 17.4. The predicted octanol–water partition coefficient (Wildman–Crippen LogP) is 6.77. The first-order valence-corrected chi connectivity index (χ1v) is 12.6. The summed E-state index contributed by atoms with van der Waals surface area (Å²) in [5.74, 6) is 1.54. The van der Waals surface area contributed by atoms with E-state index in [2.05, 4.69) is 10.3 Å². The van der Waals surface area contributed by atoms with Gasteiger partial charge in [-0.25, -0.2) is 4.98 Å². The molecule has 0 bridgehead atoms. The number of allylic oxidation sites excluding steroid dienone is 2. The van der Waals surface area contributed by atoms with Gasteiger partial charge in [-0.05, 0) is 56.0 Å². The van der Waals surface area contributed by atoms with E-state index in [0.29, 0.717) is 23.1 Å². The van der Waals surface area contributed by atoms with Crippen molar-refractivity contribution in [3.05, 3.63) is 82.7 Å². The number of nitrogens with two attached hydrogens (primary N) is 1. The van der Waals surface area contributed by atoms with Crippen LogP contribution in [-0.4, -0.2) is 10.7 Å². The summed E-state index contributed by atoms with van der Waals surface area (Å²) in [5, 5.41) is 21.2. The van der Waals surface area contributed by atoms with Gasteiger partial charge in [0.05, 0.1) is 11.4 Å². The maximum atomic E-state index is 9.07. The number of ether oxygens (including phenoxy) is 1. The molecule has 0 radical (unpaired) electrons. The summed E-state index contributed by atoms with van der Waals surface area (Å²) < 4.78 is 6.44. The molecule has 1 fully saturated rings. The minimum absolute atomic E-state index is 0.297. The van der Waals surface area contributed by atoms with Gasteiger partial charge in [0.25, 0.3) is 0 Å². The number of aryl methyl sites for hydroxylation is 1. The van der Waals surface area contributed by atoms with Crippen LogP contribution < -0.4 is 15.2 Å². The number of aromatic nitrogens is 1. The Morgan fingerprint density at radius 1 is 1.09 bits per heavy atom. The fourth-order valence-corrected chi connectivity index (χ4v) is 4.94. The molecule has 1 heterocycles. The summed E-state index contributed by atoms with van der Waals surface area (Å²) in [7, 11) is 0. The standard InChI is InChI=1S/C25H28N4OS2/c1-17-16-31-25(28-17)29-23(19-10-6-3-7-11-19)24(22(26)18-8-4-2-5-9-18)30-20-12-14-21(32-27)15-13-20/h2,4-5,8-9,12-16,19,26H,3,6-7,10-11,27H2,1H3,(H,28,29)/b24-23+,26-22?. The molecule has 3 aromatic rings. The molecule has 1 saturated carbocycles. The molecule has 0 spiro atoms. The fraction of sp³-hybridized carbons (Fsp3) is 0.280. The highest BCUT2D eigenvalue weighted by atomic mass is 32.2. The molecule has 1 aliphatic rings. The van der Waals surface area contributed by atoms with Crippen molar-refractivity contribution in [3.8, 4) is 5.75 Å². The lowest BCUT2D eigenvalue weighted by molar-refractivity contribution is 0.379. The van der Waals surface area contributed by atoms with Crippen molar-refractivity contribution in [3.63, 3.8) is 0 Å². The Morgan fingerprint density at radius 3 is 2.44 bits per heavy atom. The van der Waals surface area contributed by atoms with E-state index < -0.39 is 0 Å². The van der Waals surface area contributed by atoms with E-state index in [0.717, 1.165) is 39.8 Å². The number of nitrogens with zero attached hydrogens (tertiary/aromatic N) is 1. The summed E-state index contributed by atoms with van der Waals surface area (Å²) in [6.07, 6.45) is 5.77. The van der Waals surface area contributed by atoms with Crippen molar-refractivity contribution in [2.45, 2.75) is 43.9 Å². The van der Waals surface area contributed by atoms with Gasteiger partial charge >= 0.3 is 0 Å². The number of rotatable bonds is 8. The van der Waals surface area contributed by atoms with E-state index >= 15 is 0 Å². The average molecular weight is 465 g/mol. The van der Waals surface area contributed by atoms with Gasteiger partial charge in [0, 0.05) is 21.8 Å². The molecule has 166 valence electrons. The molecule has 2 aromatic carbocycles. The van der Waals surface area contributed by atoms with Crippen molar-refractivity contribution in [1.29, 1.82) is 5.41 Å². The number of hydrogen-bond donors (Lipinski definition) is 3. The van der Waals surface area contributed by atoms with Crippen molar-refractivity contribution >= 4 is 34.1 Å². The smallest absolute Gasteiger partial charge is 0.187 e. The molecule has 0 amide bonds. The van der Waals surface area contributed by atoms with Crippen LogP contribution in [0.25, 0.3) is 0 Å². The van der Waals surface area contributed by atoms with E-state index in [4.69, 9.17) is 15.3 Å². The second kappa shape index (κ2) is 10.8. The third-order valence-electron chi connectivity index (χ3n) is 5.59.